The van der Waals surface area contributed by atoms with E-state index >= 15 is 0 Å². The van der Waals surface area contributed by atoms with Crippen LogP contribution in [0.5, 0.6) is 0 Å². The molecule has 2 heterocycles. The molecule has 0 aliphatic heterocycles. The van der Waals surface area contributed by atoms with Crippen LogP contribution in [0, 0.1) is 0 Å². The van der Waals surface area contributed by atoms with Crippen LogP contribution in [-0.4, -0.2) is 45.5 Å². The highest BCUT2D eigenvalue weighted by molar-refractivity contribution is 5.87. The Morgan fingerprint density at radius 2 is 2.04 bits per heavy atom. The molecule has 0 aliphatic carbocycles. The Hall–Kier alpha value is -2.67. The Bertz CT molecular complexity index is 837. The minimum Gasteiger partial charge on any atom is -0.337 e. The van der Waals surface area contributed by atoms with Gasteiger partial charge in [0.15, 0.2) is 11.3 Å². The molecular weight excluding hydrogens is 292 g/mol. The summed E-state index contributed by atoms with van der Waals surface area (Å²) in [6, 6.07) is 11.3. The molecule has 23 heavy (non-hydrogen) atoms. The summed E-state index contributed by atoms with van der Waals surface area (Å²) in [5.74, 6) is 0.618. The second kappa shape index (κ2) is 6.62. The fourth-order valence-electron chi connectivity index (χ4n) is 2.36. The summed E-state index contributed by atoms with van der Waals surface area (Å²) in [7, 11) is 4.02. The van der Waals surface area contributed by atoms with Crippen molar-refractivity contribution in [1.29, 1.82) is 0 Å². The van der Waals surface area contributed by atoms with Gasteiger partial charge in [-0.25, -0.2) is 4.68 Å². The Morgan fingerprint density at radius 3 is 2.78 bits per heavy atom. The zero-order chi connectivity index (χ0) is 16.2. The summed E-state index contributed by atoms with van der Waals surface area (Å²) in [5.41, 5.74) is 2.11. The van der Waals surface area contributed by atoms with E-state index in [1.165, 1.54) is 4.68 Å². The van der Waals surface area contributed by atoms with Gasteiger partial charge < -0.3 is 10.2 Å². The molecule has 0 aliphatic rings. The predicted molar refractivity (Wildman–Crippen MR) is 91.0 cm³/mol. The van der Waals surface area contributed by atoms with E-state index in [-0.39, 0.29) is 5.56 Å². The van der Waals surface area contributed by atoms with E-state index in [9.17, 15) is 4.79 Å². The monoisotopic (exact) mass is 312 g/mol. The summed E-state index contributed by atoms with van der Waals surface area (Å²) in [6.07, 6.45) is 0.866. The van der Waals surface area contributed by atoms with Crippen LogP contribution >= 0.6 is 0 Å². The SMILES string of the molecule is CN(C)CCCn1nc2c(Nc3ccccc3)n[nH]c2cc1=O. The van der Waals surface area contributed by atoms with E-state index in [1.54, 1.807) is 6.07 Å². The van der Waals surface area contributed by atoms with E-state index in [2.05, 4.69) is 25.5 Å². The highest BCUT2D eigenvalue weighted by Crippen LogP contribution is 2.20. The van der Waals surface area contributed by atoms with Crippen molar-refractivity contribution < 1.29 is 0 Å². The summed E-state index contributed by atoms with van der Waals surface area (Å²) in [5, 5.41) is 14.8. The van der Waals surface area contributed by atoms with Crippen molar-refractivity contribution in [3.63, 3.8) is 0 Å². The molecule has 0 unspecified atom stereocenters. The Balaban J connectivity index is 1.87. The van der Waals surface area contributed by atoms with Crippen LogP contribution in [0.25, 0.3) is 11.0 Å². The van der Waals surface area contributed by atoms with Crippen LogP contribution in [0.4, 0.5) is 11.5 Å². The van der Waals surface area contributed by atoms with Gasteiger partial charge in [0, 0.05) is 18.3 Å². The first kappa shape index (κ1) is 15.2. The predicted octanol–water partition coefficient (Wildman–Crippen LogP) is 1.81. The topological polar surface area (TPSA) is 78.8 Å². The first-order chi connectivity index (χ1) is 11.1. The van der Waals surface area contributed by atoms with Crippen molar-refractivity contribution in [3.05, 3.63) is 46.8 Å². The molecule has 2 aromatic heterocycles. The Kier molecular flexibility index (Phi) is 4.38. The standard InChI is InChI=1S/C16H20N6O/c1-21(2)9-6-10-22-14(23)11-13-15(20-22)16(19-18-13)17-12-7-4-3-5-8-12/h3-5,7-8,11,18H,6,9-10H2,1-2H3,(H,17,19). The molecule has 7 heteroatoms. The van der Waals surface area contributed by atoms with Gasteiger partial charge in [-0.15, -0.1) is 0 Å². The molecule has 0 bridgehead atoms. The lowest BCUT2D eigenvalue weighted by molar-refractivity contribution is 0.378. The van der Waals surface area contributed by atoms with Crippen molar-refractivity contribution in [2.75, 3.05) is 26.0 Å². The highest BCUT2D eigenvalue weighted by atomic mass is 16.1. The number of H-pyrrole nitrogens is 1. The lowest BCUT2D eigenvalue weighted by Crippen LogP contribution is -2.24. The maximum absolute atomic E-state index is 12.1. The van der Waals surface area contributed by atoms with E-state index in [1.807, 2.05) is 44.4 Å². The lowest BCUT2D eigenvalue weighted by atomic mass is 10.3. The Labute approximate surface area is 133 Å². The fourth-order valence-corrected chi connectivity index (χ4v) is 2.36. The Morgan fingerprint density at radius 1 is 1.26 bits per heavy atom. The largest absolute Gasteiger partial charge is 0.337 e. The molecule has 0 saturated heterocycles. The number of para-hydroxylation sites is 1. The number of anilines is 2. The first-order valence-corrected chi connectivity index (χ1v) is 7.56. The van der Waals surface area contributed by atoms with Crippen LogP contribution < -0.4 is 10.9 Å². The van der Waals surface area contributed by atoms with Gasteiger partial charge in [-0.2, -0.15) is 10.2 Å². The molecule has 3 aromatic rings. The van der Waals surface area contributed by atoms with Crippen LogP contribution in [0.1, 0.15) is 6.42 Å². The zero-order valence-corrected chi connectivity index (χ0v) is 13.3. The molecular formula is C16H20N6O. The van der Waals surface area contributed by atoms with Gasteiger partial charge in [-0.3, -0.25) is 9.89 Å². The molecule has 3 rings (SSSR count). The second-order valence-electron chi connectivity index (χ2n) is 5.69. The maximum Gasteiger partial charge on any atom is 0.268 e. The fraction of sp³-hybridized carbons (Fsp3) is 0.312. The lowest BCUT2D eigenvalue weighted by Gasteiger charge is -2.10. The molecule has 2 N–H and O–H groups in total. The van der Waals surface area contributed by atoms with Crippen LogP contribution in [0.3, 0.4) is 0 Å². The summed E-state index contributed by atoms with van der Waals surface area (Å²) >= 11 is 0. The van der Waals surface area contributed by atoms with Crippen molar-refractivity contribution in [2.24, 2.45) is 0 Å². The summed E-state index contributed by atoms with van der Waals surface area (Å²) in [6.45, 7) is 1.50. The zero-order valence-electron chi connectivity index (χ0n) is 13.3. The molecule has 0 saturated carbocycles. The van der Waals surface area contributed by atoms with Crippen molar-refractivity contribution in [1.82, 2.24) is 24.9 Å². The molecule has 7 nitrogen and oxygen atoms in total. The smallest absolute Gasteiger partial charge is 0.268 e. The number of aromatic amines is 1. The summed E-state index contributed by atoms with van der Waals surface area (Å²) < 4.78 is 1.50. The average Bonchev–Trinajstić information content (AvgIpc) is 2.90. The number of hydrogen-bond acceptors (Lipinski definition) is 5. The number of fused-ring (bicyclic) bond motifs is 1. The third kappa shape index (κ3) is 3.57. The van der Waals surface area contributed by atoms with Crippen molar-refractivity contribution in [3.8, 4) is 0 Å². The van der Waals surface area contributed by atoms with Gasteiger partial charge in [-0.05, 0) is 39.2 Å². The van der Waals surface area contributed by atoms with Gasteiger partial charge in [0.1, 0.15) is 0 Å². The normalized spacial score (nSPS) is 11.3. The number of nitrogens with zero attached hydrogens (tertiary/aromatic N) is 4. The first-order valence-electron chi connectivity index (χ1n) is 7.56. The average molecular weight is 312 g/mol. The van der Waals surface area contributed by atoms with E-state index in [0.29, 0.717) is 23.4 Å². The number of nitrogens with one attached hydrogen (secondary N) is 2. The van der Waals surface area contributed by atoms with Gasteiger partial charge in [-0.1, -0.05) is 18.2 Å². The molecule has 0 fully saturated rings. The van der Waals surface area contributed by atoms with Gasteiger partial charge in [0.05, 0.1) is 5.52 Å². The maximum atomic E-state index is 12.1. The van der Waals surface area contributed by atoms with Crippen LogP contribution in [0.2, 0.25) is 0 Å². The summed E-state index contributed by atoms with van der Waals surface area (Å²) in [4.78, 5) is 14.2. The van der Waals surface area contributed by atoms with E-state index < -0.39 is 0 Å². The third-order valence-corrected chi connectivity index (χ3v) is 3.52. The second-order valence-corrected chi connectivity index (χ2v) is 5.69. The number of aryl methyl sites for hydroxylation is 1. The number of benzene rings is 1. The molecule has 0 atom stereocenters. The minimum atomic E-state index is -0.119. The minimum absolute atomic E-state index is 0.119. The quantitative estimate of drug-likeness (QED) is 0.726. The molecule has 0 amide bonds. The van der Waals surface area contributed by atoms with Crippen molar-refractivity contribution >= 4 is 22.5 Å². The highest BCUT2D eigenvalue weighted by Gasteiger charge is 2.10. The number of aromatic nitrogens is 4. The number of hydrogen-bond donors (Lipinski definition) is 2. The molecule has 1 aromatic carbocycles. The van der Waals surface area contributed by atoms with Gasteiger partial charge >= 0.3 is 0 Å². The molecule has 0 spiro atoms. The van der Waals surface area contributed by atoms with Crippen molar-refractivity contribution in [2.45, 2.75) is 13.0 Å². The van der Waals surface area contributed by atoms with E-state index in [4.69, 9.17) is 0 Å². The van der Waals surface area contributed by atoms with Crippen LogP contribution in [-0.2, 0) is 6.54 Å². The third-order valence-electron chi connectivity index (χ3n) is 3.52. The number of rotatable bonds is 6. The van der Waals surface area contributed by atoms with E-state index in [0.717, 1.165) is 18.7 Å². The van der Waals surface area contributed by atoms with Crippen LogP contribution in [0.15, 0.2) is 41.2 Å². The molecule has 120 valence electrons. The van der Waals surface area contributed by atoms with Gasteiger partial charge in [0.2, 0.25) is 0 Å². The molecule has 0 radical (unpaired) electrons. The van der Waals surface area contributed by atoms with Gasteiger partial charge in [0.25, 0.3) is 5.56 Å².